The lowest BCUT2D eigenvalue weighted by atomic mass is 10.2. The van der Waals surface area contributed by atoms with Gasteiger partial charge in [-0.15, -0.1) is 0 Å². The van der Waals surface area contributed by atoms with Gasteiger partial charge in [-0.2, -0.15) is 0 Å². The zero-order valence-electron chi connectivity index (χ0n) is 9.80. The van der Waals surface area contributed by atoms with Crippen molar-refractivity contribution in [1.29, 1.82) is 0 Å². The second-order valence-corrected chi connectivity index (χ2v) is 4.94. The number of hydrogen-bond acceptors (Lipinski definition) is 3. The van der Waals surface area contributed by atoms with Gasteiger partial charge in [-0.3, -0.25) is 4.79 Å². The fraction of sp³-hybridized carbons (Fsp3) is 0.417. The van der Waals surface area contributed by atoms with Crippen LogP contribution in [0.25, 0.3) is 0 Å². The molecule has 0 aliphatic heterocycles. The fourth-order valence-electron chi connectivity index (χ4n) is 1.39. The molecular weight excluding hydrogens is 305 g/mol. The van der Waals surface area contributed by atoms with Crippen LogP contribution in [0.15, 0.2) is 22.7 Å². The number of hydrogen-bond donors (Lipinski definition) is 1. The van der Waals surface area contributed by atoms with Crippen LogP contribution in [-0.2, 0) is 9.53 Å². The minimum absolute atomic E-state index is 0.0159. The highest BCUT2D eigenvalue weighted by Crippen LogP contribution is 2.26. The molecule has 1 atom stereocenters. The summed E-state index contributed by atoms with van der Waals surface area (Å²) in [4.78, 5) is 11.3. The molecule has 0 saturated heterocycles. The molecule has 0 radical (unpaired) electrons. The zero-order valence-corrected chi connectivity index (χ0v) is 12.1. The Kier molecular flexibility index (Phi) is 5.78. The second kappa shape index (κ2) is 6.87. The Balaban J connectivity index is 2.53. The van der Waals surface area contributed by atoms with Crippen LogP contribution >= 0.6 is 27.5 Å². The Morgan fingerprint density at radius 1 is 1.59 bits per heavy atom. The first-order valence-corrected chi connectivity index (χ1v) is 6.57. The van der Waals surface area contributed by atoms with Crippen molar-refractivity contribution in [3.8, 4) is 0 Å². The summed E-state index contributed by atoms with van der Waals surface area (Å²) in [6.07, 6.45) is 0.341. The van der Waals surface area contributed by atoms with Gasteiger partial charge in [0.25, 0.3) is 0 Å². The molecule has 0 saturated carbocycles. The first kappa shape index (κ1) is 14.3. The smallest absolute Gasteiger partial charge is 0.307 e. The van der Waals surface area contributed by atoms with E-state index in [1.165, 1.54) is 0 Å². The summed E-state index contributed by atoms with van der Waals surface area (Å²) in [5.74, 6) is -0.194. The second-order valence-electron chi connectivity index (χ2n) is 3.68. The van der Waals surface area contributed by atoms with Crippen molar-refractivity contribution in [3.63, 3.8) is 0 Å². The molecule has 5 heteroatoms. The first-order valence-electron chi connectivity index (χ1n) is 5.40. The summed E-state index contributed by atoms with van der Waals surface area (Å²) in [5.41, 5.74) is 0.915. The molecule has 0 heterocycles. The maximum Gasteiger partial charge on any atom is 0.307 e. The molecule has 0 bridgehead atoms. The van der Waals surface area contributed by atoms with E-state index in [1.807, 2.05) is 19.1 Å². The number of rotatable bonds is 5. The maximum atomic E-state index is 11.3. The average molecular weight is 321 g/mol. The highest BCUT2D eigenvalue weighted by Gasteiger charge is 2.10. The number of nitrogens with one attached hydrogen (secondary N) is 1. The maximum absolute atomic E-state index is 11.3. The number of carbonyl (C=O) groups is 1. The van der Waals surface area contributed by atoms with E-state index in [2.05, 4.69) is 21.2 Å². The van der Waals surface area contributed by atoms with Gasteiger partial charge in [0.05, 0.1) is 18.1 Å². The van der Waals surface area contributed by atoms with E-state index in [4.69, 9.17) is 16.3 Å². The molecule has 1 N–H and O–H groups in total. The van der Waals surface area contributed by atoms with Crippen LogP contribution in [0.4, 0.5) is 5.69 Å². The van der Waals surface area contributed by atoms with E-state index in [0.717, 1.165) is 10.2 Å². The number of anilines is 1. The largest absolute Gasteiger partial charge is 0.466 e. The van der Waals surface area contributed by atoms with E-state index in [1.54, 1.807) is 13.0 Å². The van der Waals surface area contributed by atoms with Crippen LogP contribution in [0.2, 0.25) is 5.02 Å². The highest BCUT2D eigenvalue weighted by atomic mass is 79.9. The number of benzene rings is 1. The first-order chi connectivity index (χ1) is 8.02. The molecule has 0 aliphatic rings. The number of halogens is 2. The minimum Gasteiger partial charge on any atom is -0.466 e. The summed E-state index contributed by atoms with van der Waals surface area (Å²) in [5, 5.41) is 3.87. The predicted octanol–water partition coefficient (Wildman–Crippen LogP) is 3.86. The van der Waals surface area contributed by atoms with Crippen molar-refractivity contribution in [2.45, 2.75) is 26.3 Å². The fourth-order valence-corrected chi connectivity index (χ4v) is 1.89. The molecule has 1 aromatic rings. The molecule has 0 aliphatic carbocycles. The van der Waals surface area contributed by atoms with Gasteiger partial charge in [0.15, 0.2) is 0 Å². The van der Waals surface area contributed by atoms with Crippen LogP contribution in [0, 0.1) is 0 Å². The highest BCUT2D eigenvalue weighted by molar-refractivity contribution is 9.10. The lowest BCUT2D eigenvalue weighted by Gasteiger charge is -2.14. The molecule has 94 valence electrons. The third kappa shape index (κ3) is 4.96. The SMILES string of the molecule is CCOC(=O)CC(C)Nc1ccc(Cl)c(Br)c1. The van der Waals surface area contributed by atoms with Crippen molar-refractivity contribution in [1.82, 2.24) is 0 Å². The molecule has 1 unspecified atom stereocenters. The van der Waals surface area contributed by atoms with Crippen molar-refractivity contribution in [2.75, 3.05) is 11.9 Å². The van der Waals surface area contributed by atoms with Crippen molar-refractivity contribution in [2.24, 2.45) is 0 Å². The Hall–Kier alpha value is -0.740. The van der Waals surface area contributed by atoms with Crippen LogP contribution in [0.1, 0.15) is 20.3 Å². The lowest BCUT2D eigenvalue weighted by molar-refractivity contribution is -0.143. The van der Waals surface area contributed by atoms with E-state index in [-0.39, 0.29) is 12.0 Å². The van der Waals surface area contributed by atoms with Gasteiger partial charge in [0.2, 0.25) is 0 Å². The van der Waals surface area contributed by atoms with Crippen LogP contribution in [-0.4, -0.2) is 18.6 Å². The third-order valence-corrected chi connectivity index (χ3v) is 3.32. The van der Waals surface area contributed by atoms with Gasteiger partial charge in [-0.1, -0.05) is 11.6 Å². The molecule has 0 aromatic heterocycles. The van der Waals surface area contributed by atoms with Gasteiger partial charge < -0.3 is 10.1 Å². The number of esters is 1. The normalized spacial score (nSPS) is 12.0. The predicted molar refractivity (Wildman–Crippen MR) is 73.5 cm³/mol. The van der Waals surface area contributed by atoms with Crippen LogP contribution < -0.4 is 5.32 Å². The Morgan fingerprint density at radius 2 is 2.29 bits per heavy atom. The summed E-state index contributed by atoms with van der Waals surface area (Å²) in [6.45, 7) is 4.14. The molecule has 0 spiro atoms. The van der Waals surface area contributed by atoms with E-state index in [0.29, 0.717) is 18.1 Å². The zero-order chi connectivity index (χ0) is 12.8. The number of ether oxygens (including phenoxy) is 1. The standard InChI is InChI=1S/C12H15BrClNO2/c1-3-17-12(16)6-8(2)15-9-4-5-11(14)10(13)7-9/h4-5,7-8,15H,3,6H2,1-2H3. The van der Waals surface area contributed by atoms with Crippen LogP contribution in [0.3, 0.4) is 0 Å². The minimum atomic E-state index is -0.194. The van der Waals surface area contributed by atoms with Crippen molar-refractivity contribution < 1.29 is 9.53 Å². The van der Waals surface area contributed by atoms with Gasteiger partial charge in [0, 0.05) is 16.2 Å². The van der Waals surface area contributed by atoms with Crippen molar-refractivity contribution in [3.05, 3.63) is 27.7 Å². The third-order valence-electron chi connectivity index (χ3n) is 2.11. The quantitative estimate of drug-likeness (QED) is 0.837. The van der Waals surface area contributed by atoms with E-state index in [9.17, 15) is 4.79 Å². The molecule has 1 rings (SSSR count). The summed E-state index contributed by atoms with van der Waals surface area (Å²) < 4.78 is 5.71. The van der Waals surface area contributed by atoms with Gasteiger partial charge in [-0.05, 0) is 48.0 Å². The van der Waals surface area contributed by atoms with Gasteiger partial charge in [-0.25, -0.2) is 0 Å². The lowest BCUT2D eigenvalue weighted by Crippen LogP contribution is -2.21. The molecule has 0 fully saturated rings. The molecule has 0 amide bonds. The Morgan fingerprint density at radius 3 is 2.88 bits per heavy atom. The van der Waals surface area contributed by atoms with E-state index < -0.39 is 0 Å². The summed E-state index contributed by atoms with van der Waals surface area (Å²) >= 11 is 9.24. The molecular formula is C12H15BrClNO2. The monoisotopic (exact) mass is 319 g/mol. The van der Waals surface area contributed by atoms with E-state index >= 15 is 0 Å². The van der Waals surface area contributed by atoms with Crippen molar-refractivity contribution >= 4 is 39.2 Å². The molecule has 17 heavy (non-hydrogen) atoms. The summed E-state index contributed by atoms with van der Waals surface area (Å²) in [7, 11) is 0. The number of carbonyl (C=O) groups excluding carboxylic acids is 1. The Bertz CT molecular complexity index is 398. The Labute approximate surface area is 115 Å². The van der Waals surface area contributed by atoms with Gasteiger partial charge >= 0.3 is 5.97 Å². The van der Waals surface area contributed by atoms with Gasteiger partial charge in [0.1, 0.15) is 0 Å². The topological polar surface area (TPSA) is 38.3 Å². The summed E-state index contributed by atoms with van der Waals surface area (Å²) in [6, 6.07) is 5.56. The molecule has 3 nitrogen and oxygen atoms in total. The average Bonchev–Trinajstić information content (AvgIpc) is 2.23. The molecule has 1 aromatic carbocycles. The van der Waals surface area contributed by atoms with Crippen LogP contribution in [0.5, 0.6) is 0 Å².